The smallest absolute Gasteiger partial charge is 0.230 e. The summed E-state index contributed by atoms with van der Waals surface area (Å²) in [5, 5.41) is 5.57. The lowest BCUT2D eigenvalue weighted by Crippen LogP contribution is -2.43. The number of fused-ring (bicyclic) bond motifs is 1. The van der Waals surface area contributed by atoms with Crippen molar-refractivity contribution < 1.29 is 14.3 Å². The van der Waals surface area contributed by atoms with Gasteiger partial charge in [-0.15, -0.1) is 11.3 Å². The number of carbonyl (C=O) groups is 2. The van der Waals surface area contributed by atoms with Crippen LogP contribution in [0.4, 0.5) is 0 Å². The van der Waals surface area contributed by atoms with E-state index in [2.05, 4.69) is 5.32 Å². The average Bonchev–Trinajstić information content (AvgIpc) is 3.44. The highest BCUT2D eigenvalue weighted by molar-refractivity contribution is 7.09. The normalized spacial score (nSPS) is 30.1. The van der Waals surface area contributed by atoms with Gasteiger partial charge in [-0.25, -0.2) is 0 Å². The molecular formula is C21H19ClN2O3S. The molecular weight excluding hydrogens is 396 g/mol. The molecule has 1 aromatic heterocycles. The largest absolute Gasteiger partial charge is 0.360 e. The Balaban J connectivity index is 1.33. The van der Waals surface area contributed by atoms with Gasteiger partial charge in [0, 0.05) is 16.4 Å². The monoisotopic (exact) mass is 414 g/mol. The van der Waals surface area contributed by atoms with Crippen molar-refractivity contribution in [2.24, 2.45) is 11.8 Å². The number of ether oxygens (including phenoxy) is 1. The number of halogens is 1. The zero-order valence-corrected chi connectivity index (χ0v) is 16.6. The minimum atomic E-state index is -0.675. The third-order valence-corrected chi connectivity index (χ3v) is 7.05. The fourth-order valence-electron chi connectivity index (χ4n) is 4.54. The lowest BCUT2D eigenvalue weighted by molar-refractivity contribution is -0.137. The third-order valence-electron chi connectivity index (χ3n) is 5.82. The Morgan fingerprint density at radius 2 is 2.18 bits per heavy atom. The first-order valence-corrected chi connectivity index (χ1v) is 10.5. The van der Waals surface area contributed by atoms with E-state index >= 15 is 0 Å². The summed E-state index contributed by atoms with van der Waals surface area (Å²) in [6.07, 6.45) is 3.56. The van der Waals surface area contributed by atoms with Gasteiger partial charge >= 0.3 is 0 Å². The summed E-state index contributed by atoms with van der Waals surface area (Å²) in [7, 11) is 0. The standard InChI is InChI=1S/C21H19ClN2O3S/c22-15-6-2-1-4-13(15)10-23-19(25)17-16-7-8-21(27-16)12-24(20(26)18(17)21)11-14-5-3-9-28-14/h1-9,16-18H,10-12H2,(H,23,25)/t16-,17-,18+,21-/m1/s1. The molecule has 2 saturated heterocycles. The molecule has 4 heterocycles. The van der Waals surface area contributed by atoms with Crippen molar-refractivity contribution in [2.45, 2.75) is 24.8 Å². The van der Waals surface area contributed by atoms with E-state index in [1.807, 2.05) is 52.8 Å². The number of nitrogens with zero attached hydrogens (tertiary/aromatic N) is 1. The molecule has 1 aromatic carbocycles. The van der Waals surface area contributed by atoms with Crippen LogP contribution < -0.4 is 5.32 Å². The van der Waals surface area contributed by atoms with Gasteiger partial charge in [0.05, 0.1) is 31.0 Å². The van der Waals surface area contributed by atoms with Crippen LogP contribution in [0, 0.1) is 11.8 Å². The van der Waals surface area contributed by atoms with Crippen LogP contribution in [-0.2, 0) is 27.4 Å². The van der Waals surface area contributed by atoms with E-state index in [-0.39, 0.29) is 17.9 Å². The molecule has 3 aliphatic heterocycles. The van der Waals surface area contributed by atoms with E-state index in [1.54, 1.807) is 17.4 Å². The molecule has 4 atom stereocenters. The number of hydrogen-bond acceptors (Lipinski definition) is 4. The first-order chi connectivity index (χ1) is 13.6. The summed E-state index contributed by atoms with van der Waals surface area (Å²) in [6.45, 7) is 1.39. The molecule has 0 radical (unpaired) electrons. The average molecular weight is 415 g/mol. The number of hydrogen-bond donors (Lipinski definition) is 1. The highest BCUT2D eigenvalue weighted by Crippen LogP contribution is 2.52. The van der Waals surface area contributed by atoms with Crippen LogP contribution in [-0.4, -0.2) is 35.0 Å². The SMILES string of the molecule is O=C(NCc1ccccc1Cl)[C@H]1[C@H]2C(=O)N(Cc3cccs3)C[C@]23C=C[C@H]1O3. The molecule has 7 heteroatoms. The summed E-state index contributed by atoms with van der Waals surface area (Å²) in [5.41, 5.74) is 0.176. The molecule has 2 bridgehead atoms. The Morgan fingerprint density at radius 1 is 1.32 bits per heavy atom. The molecule has 2 fully saturated rings. The summed E-state index contributed by atoms with van der Waals surface area (Å²) >= 11 is 7.81. The molecule has 0 unspecified atom stereocenters. The Morgan fingerprint density at radius 3 is 2.96 bits per heavy atom. The molecule has 1 spiro atoms. The number of nitrogens with one attached hydrogen (secondary N) is 1. The number of benzene rings is 1. The maximum atomic E-state index is 13.2. The van der Waals surface area contributed by atoms with Gasteiger partial charge in [0.2, 0.25) is 11.8 Å². The fourth-order valence-corrected chi connectivity index (χ4v) is 5.47. The molecule has 28 heavy (non-hydrogen) atoms. The van der Waals surface area contributed by atoms with Gasteiger partial charge in [0.25, 0.3) is 0 Å². The van der Waals surface area contributed by atoms with E-state index in [4.69, 9.17) is 16.3 Å². The van der Waals surface area contributed by atoms with Gasteiger partial charge in [0.15, 0.2) is 0 Å². The molecule has 1 N–H and O–H groups in total. The molecule has 5 nitrogen and oxygen atoms in total. The molecule has 5 rings (SSSR count). The van der Waals surface area contributed by atoms with Gasteiger partial charge in [-0.1, -0.05) is 48.0 Å². The summed E-state index contributed by atoms with van der Waals surface area (Å²) in [4.78, 5) is 29.1. The molecule has 144 valence electrons. The topological polar surface area (TPSA) is 58.6 Å². The Bertz CT molecular complexity index is 960. The number of rotatable bonds is 5. The van der Waals surface area contributed by atoms with Gasteiger partial charge in [-0.3, -0.25) is 9.59 Å². The van der Waals surface area contributed by atoms with Crippen LogP contribution in [0.2, 0.25) is 5.02 Å². The van der Waals surface area contributed by atoms with Crippen LogP contribution in [0.3, 0.4) is 0 Å². The highest BCUT2D eigenvalue weighted by Gasteiger charge is 2.66. The first kappa shape index (κ1) is 17.9. The van der Waals surface area contributed by atoms with Gasteiger partial charge < -0.3 is 15.0 Å². The predicted molar refractivity (Wildman–Crippen MR) is 107 cm³/mol. The van der Waals surface area contributed by atoms with Crippen LogP contribution in [0.5, 0.6) is 0 Å². The van der Waals surface area contributed by atoms with Crippen molar-refractivity contribution in [3.05, 3.63) is 69.4 Å². The lowest BCUT2D eigenvalue weighted by Gasteiger charge is -2.23. The first-order valence-electron chi connectivity index (χ1n) is 9.27. The number of amides is 2. The second-order valence-electron chi connectivity index (χ2n) is 7.48. The van der Waals surface area contributed by atoms with Crippen LogP contribution in [0.25, 0.3) is 0 Å². The Labute approximate surface area is 171 Å². The van der Waals surface area contributed by atoms with E-state index in [0.717, 1.165) is 10.4 Å². The van der Waals surface area contributed by atoms with Crippen molar-refractivity contribution in [1.29, 1.82) is 0 Å². The zero-order valence-electron chi connectivity index (χ0n) is 15.0. The van der Waals surface area contributed by atoms with Crippen LogP contribution in [0.15, 0.2) is 53.9 Å². The number of carbonyl (C=O) groups excluding carboxylic acids is 2. The molecule has 0 aliphatic carbocycles. The second kappa shape index (κ2) is 6.72. The lowest BCUT2D eigenvalue weighted by atomic mass is 9.77. The van der Waals surface area contributed by atoms with Crippen molar-refractivity contribution >= 4 is 34.8 Å². The quantitative estimate of drug-likeness (QED) is 0.765. The van der Waals surface area contributed by atoms with E-state index in [0.29, 0.717) is 24.7 Å². The van der Waals surface area contributed by atoms with E-state index in [9.17, 15) is 9.59 Å². The number of likely N-dealkylation sites (tertiary alicyclic amines) is 1. The van der Waals surface area contributed by atoms with Crippen molar-refractivity contribution in [3.63, 3.8) is 0 Å². The van der Waals surface area contributed by atoms with E-state index in [1.165, 1.54) is 0 Å². The third kappa shape index (κ3) is 2.79. The minimum Gasteiger partial charge on any atom is -0.360 e. The van der Waals surface area contributed by atoms with E-state index < -0.39 is 17.4 Å². The van der Waals surface area contributed by atoms with Gasteiger partial charge in [0.1, 0.15) is 5.60 Å². The molecule has 2 aromatic rings. The van der Waals surface area contributed by atoms with Crippen LogP contribution in [0.1, 0.15) is 10.4 Å². The number of thiophene rings is 1. The Hall–Kier alpha value is -2.15. The molecule has 0 saturated carbocycles. The maximum absolute atomic E-state index is 13.2. The summed E-state index contributed by atoms with van der Waals surface area (Å²) < 4.78 is 6.16. The molecule has 3 aliphatic rings. The van der Waals surface area contributed by atoms with Crippen LogP contribution >= 0.6 is 22.9 Å². The highest BCUT2D eigenvalue weighted by atomic mass is 35.5. The fraction of sp³-hybridized carbons (Fsp3) is 0.333. The second-order valence-corrected chi connectivity index (χ2v) is 8.92. The predicted octanol–water partition coefficient (Wildman–Crippen LogP) is 3.00. The zero-order chi connectivity index (χ0) is 19.3. The molecule has 2 amide bonds. The van der Waals surface area contributed by atoms with Gasteiger partial charge in [-0.2, -0.15) is 0 Å². The Kier molecular flexibility index (Phi) is 4.30. The summed E-state index contributed by atoms with van der Waals surface area (Å²) in [5.74, 6) is -1.13. The van der Waals surface area contributed by atoms with Crippen molar-refractivity contribution in [3.8, 4) is 0 Å². The minimum absolute atomic E-state index is 0.00172. The maximum Gasteiger partial charge on any atom is 0.230 e. The summed E-state index contributed by atoms with van der Waals surface area (Å²) in [6, 6.07) is 11.4. The van der Waals surface area contributed by atoms with Crippen molar-refractivity contribution in [2.75, 3.05) is 6.54 Å². The van der Waals surface area contributed by atoms with Crippen molar-refractivity contribution in [1.82, 2.24) is 10.2 Å². The van der Waals surface area contributed by atoms with Gasteiger partial charge in [-0.05, 0) is 23.1 Å².